The number of allylic oxidation sites excluding steroid dienone is 1. The number of aliphatic hydroxyl groups is 1. The first-order valence-electron chi connectivity index (χ1n) is 5.12. The van der Waals surface area contributed by atoms with Crippen molar-refractivity contribution in [3.63, 3.8) is 0 Å². The maximum absolute atomic E-state index is 11.2. The number of Topliss-reactive ketones (excluding diaryl/α,β-unsaturated/α-hetero) is 1. The molecule has 0 radical (unpaired) electrons. The zero-order valence-electron chi connectivity index (χ0n) is 9.69. The van der Waals surface area contributed by atoms with E-state index in [4.69, 9.17) is 0 Å². The number of rotatable bonds is 3. The highest BCUT2D eigenvalue weighted by atomic mass is 16.3. The molecule has 16 heavy (non-hydrogen) atoms. The molecule has 1 aromatic carbocycles. The van der Waals surface area contributed by atoms with Crippen molar-refractivity contribution < 1.29 is 15.0 Å². The number of hydrogen-bond donors (Lipinski definition) is 2. The molecule has 3 nitrogen and oxygen atoms in total. The highest BCUT2D eigenvalue weighted by Gasteiger charge is 2.15. The second-order valence-electron chi connectivity index (χ2n) is 3.77. The lowest BCUT2D eigenvalue weighted by molar-refractivity contribution is 0.101. The first-order valence-corrected chi connectivity index (χ1v) is 5.12. The van der Waals surface area contributed by atoms with Crippen LogP contribution in [0.15, 0.2) is 29.8 Å². The fourth-order valence-electron chi connectivity index (χ4n) is 1.40. The van der Waals surface area contributed by atoms with Gasteiger partial charge in [-0.3, -0.25) is 4.79 Å². The van der Waals surface area contributed by atoms with Crippen molar-refractivity contribution in [1.29, 1.82) is 0 Å². The summed E-state index contributed by atoms with van der Waals surface area (Å²) in [5, 5.41) is 19.6. The van der Waals surface area contributed by atoms with Gasteiger partial charge in [0, 0.05) is 11.1 Å². The van der Waals surface area contributed by atoms with Crippen LogP contribution >= 0.6 is 0 Å². The third-order valence-corrected chi connectivity index (χ3v) is 2.62. The van der Waals surface area contributed by atoms with Crippen LogP contribution < -0.4 is 0 Å². The smallest absolute Gasteiger partial charge is 0.159 e. The van der Waals surface area contributed by atoms with E-state index in [0.29, 0.717) is 11.1 Å². The average molecular weight is 220 g/mol. The summed E-state index contributed by atoms with van der Waals surface area (Å²) in [4.78, 5) is 11.2. The summed E-state index contributed by atoms with van der Waals surface area (Å²) in [6.07, 6.45) is 0.897. The Balaban J connectivity index is 3.22. The zero-order valence-corrected chi connectivity index (χ0v) is 9.69. The molecule has 0 aliphatic carbocycles. The van der Waals surface area contributed by atoms with Crippen molar-refractivity contribution in [2.45, 2.75) is 26.9 Å². The third kappa shape index (κ3) is 2.49. The molecule has 0 spiro atoms. The third-order valence-electron chi connectivity index (χ3n) is 2.62. The molecule has 0 aromatic heterocycles. The highest BCUT2D eigenvalue weighted by molar-refractivity contribution is 5.94. The van der Waals surface area contributed by atoms with Crippen molar-refractivity contribution in [1.82, 2.24) is 0 Å². The lowest BCUT2D eigenvalue weighted by atomic mass is 9.98. The van der Waals surface area contributed by atoms with Crippen molar-refractivity contribution >= 4 is 5.78 Å². The minimum atomic E-state index is -0.871. The van der Waals surface area contributed by atoms with Gasteiger partial charge in [0.05, 0.1) is 0 Å². The summed E-state index contributed by atoms with van der Waals surface area (Å²) in [5.74, 6) is -0.0923. The molecule has 0 saturated carbocycles. The Bertz CT molecular complexity index is 433. The van der Waals surface area contributed by atoms with Crippen molar-refractivity contribution in [2.24, 2.45) is 0 Å². The molecular formula is C13H16O3. The van der Waals surface area contributed by atoms with Crippen LogP contribution in [-0.4, -0.2) is 16.0 Å². The number of phenols is 1. The lowest BCUT2D eigenvalue weighted by Crippen LogP contribution is -2.02. The Kier molecular flexibility index (Phi) is 3.85. The molecule has 0 aliphatic rings. The number of hydrogen-bond acceptors (Lipinski definition) is 3. The quantitative estimate of drug-likeness (QED) is 0.608. The molecule has 0 saturated heterocycles. The van der Waals surface area contributed by atoms with Gasteiger partial charge in [-0.25, -0.2) is 0 Å². The number of phenolic OH excluding ortho intramolecular Hbond substituents is 1. The number of benzene rings is 1. The highest BCUT2D eigenvalue weighted by Crippen LogP contribution is 2.29. The molecule has 0 amide bonds. The number of carbonyl (C=O) groups excluding carboxylic acids is 1. The molecule has 0 unspecified atom stereocenters. The average Bonchev–Trinajstić information content (AvgIpc) is 2.27. The van der Waals surface area contributed by atoms with Gasteiger partial charge in [-0.05, 0) is 44.5 Å². The minimum absolute atomic E-state index is 0.00120. The second-order valence-corrected chi connectivity index (χ2v) is 3.77. The predicted molar refractivity (Wildman–Crippen MR) is 62.5 cm³/mol. The maximum Gasteiger partial charge on any atom is 0.159 e. The van der Waals surface area contributed by atoms with E-state index in [0.717, 1.165) is 5.57 Å². The molecule has 0 fully saturated rings. The minimum Gasteiger partial charge on any atom is -0.508 e. The van der Waals surface area contributed by atoms with Gasteiger partial charge < -0.3 is 10.2 Å². The zero-order chi connectivity index (χ0) is 12.3. The molecule has 86 valence electrons. The van der Waals surface area contributed by atoms with E-state index in [1.165, 1.54) is 19.1 Å². The normalized spacial score (nSPS) is 13.6. The van der Waals surface area contributed by atoms with E-state index in [9.17, 15) is 15.0 Å². The van der Waals surface area contributed by atoms with Gasteiger partial charge in [-0.2, -0.15) is 0 Å². The number of aromatic hydroxyl groups is 1. The van der Waals surface area contributed by atoms with E-state index >= 15 is 0 Å². The fraction of sp³-hybridized carbons (Fsp3) is 0.308. The van der Waals surface area contributed by atoms with Crippen LogP contribution in [0, 0.1) is 0 Å². The van der Waals surface area contributed by atoms with Crippen LogP contribution in [0.25, 0.3) is 0 Å². The summed E-state index contributed by atoms with van der Waals surface area (Å²) in [5.41, 5.74) is 1.58. The van der Waals surface area contributed by atoms with Gasteiger partial charge in [-0.15, -0.1) is 0 Å². The number of carbonyl (C=O) groups is 1. The standard InChI is InChI=1S/C13H16O3/c1-4-8(2)13(16)11-7-10(9(3)14)5-6-12(11)15/h4-7,13,15-16H,1-3H3/t13-/m0/s1. The van der Waals surface area contributed by atoms with Gasteiger partial charge in [0.2, 0.25) is 0 Å². The van der Waals surface area contributed by atoms with E-state index in [1.54, 1.807) is 19.1 Å². The Hall–Kier alpha value is -1.61. The van der Waals surface area contributed by atoms with Crippen molar-refractivity contribution in [3.8, 4) is 5.75 Å². The first-order chi connectivity index (χ1) is 7.47. The topological polar surface area (TPSA) is 57.5 Å². The summed E-state index contributed by atoms with van der Waals surface area (Å²) in [7, 11) is 0. The largest absolute Gasteiger partial charge is 0.508 e. The molecule has 1 aromatic rings. The molecule has 2 N–H and O–H groups in total. The Morgan fingerprint density at radius 3 is 2.50 bits per heavy atom. The molecule has 0 aliphatic heterocycles. The summed E-state index contributed by atoms with van der Waals surface area (Å²) in [6.45, 7) is 5.03. The molecule has 1 atom stereocenters. The van der Waals surface area contributed by atoms with Gasteiger partial charge in [-0.1, -0.05) is 6.08 Å². The molecule has 0 heterocycles. The monoisotopic (exact) mass is 220 g/mol. The lowest BCUT2D eigenvalue weighted by Gasteiger charge is -2.14. The van der Waals surface area contributed by atoms with Crippen molar-refractivity contribution in [3.05, 3.63) is 41.0 Å². The fourth-order valence-corrected chi connectivity index (χ4v) is 1.40. The summed E-state index contributed by atoms with van der Waals surface area (Å²) in [6, 6.07) is 4.49. The van der Waals surface area contributed by atoms with Crippen molar-refractivity contribution in [2.75, 3.05) is 0 Å². The molecule has 1 rings (SSSR count). The predicted octanol–water partition coefficient (Wildman–Crippen LogP) is 2.59. The van der Waals surface area contributed by atoms with Gasteiger partial charge in [0.25, 0.3) is 0 Å². The Morgan fingerprint density at radius 2 is 2.00 bits per heavy atom. The van der Waals surface area contributed by atoms with Crippen LogP contribution in [0.5, 0.6) is 5.75 Å². The first kappa shape index (κ1) is 12.5. The Labute approximate surface area is 95.0 Å². The van der Waals surface area contributed by atoms with Crippen LogP contribution in [0.4, 0.5) is 0 Å². The number of ketones is 1. The van der Waals surface area contributed by atoms with E-state index in [2.05, 4.69) is 0 Å². The van der Waals surface area contributed by atoms with Gasteiger partial charge in [0.15, 0.2) is 5.78 Å². The SMILES string of the molecule is CC=C(C)[C@H](O)c1cc(C(C)=O)ccc1O. The van der Waals surface area contributed by atoms with Crippen LogP contribution in [0.3, 0.4) is 0 Å². The van der Waals surface area contributed by atoms with Gasteiger partial charge in [0.1, 0.15) is 11.9 Å². The van der Waals surface area contributed by atoms with E-state index < -0.39 is 6.10 Å². The molecule has 0 bridgehead atoms. The second kappa shape index (κ2) is 4.94. The van der Waals surface area contributed by atoms with Crippen LogP contribution in [-0.2, 0) is 0 Å². The summed E-state index contributed by atoms with van der Waals surface area (Å²) < 4.78 is 0. The van der Waals surface area contributed by atoms with Crippen LogP contribution in [0.1, 0.15) is 42.8 Å². The van der Waals surface area contributed by atoms with E-state index in [-0.39, 0.29) is 11.5 Å². The number of aliphatic hydroxyl groups excluding tert-OH is 1. The Morgan fingerprint density at radius 1 is 1.38 bits per heavy atom. The van der Waals surface area contributed by atoms with Gasteiger partial charge >= 0.3 is 0 Å². The maximum atomic E-state index is 11.2. The molecular weight excluding hydrogens is 204 g/mol. The van der Waals surface area contributed by atoms with E-state index in [1.807, 2.05) is 6.92 Å². The van der Waals surface area contributed by atoms with Crippen LogP contribution in [0.2, 0.25) is 0 Å². The summed E-state index contributed by atoms with van der Waals surface area (Å²) >= 11 is 0. The molecule has 3 heteroatoms.